The van der Waals surface area contributed by atoms with E-state index >= 15 is 0 Å². The van der Waals surface area contributed by atoms with Crippen LogP contribution < -0.4 is 4.74 Å². The fourth-order valence-electron chi connectivity index (χ4n) is 4.31. The molecule has 1 aromatic rings. The van der Waals surface area contributed by atoms with E-state index in [0.717, 1.165) is 37.7 Å². The van der Waals surface area contributed by atoms with Crippen LogP contribution >= 0.6 is 0 Å². The van der Waals surface area contributed by atoms with Gasteiger partial charge in [0.25, 0.3) is 5.91 Å². The summed E-state index contributed by atoms with van der Waals surface area (Å²) in [7, 11) is -3.12. The highest BCUT2D eigenvalue weighted by Gasteiger charge is 2.38. The molecule has 1 atom stereocenters. The van der Waals surface area contributed by atoms with E-state index in [2.05, 4.69) is 6.58 Å². The van der Waals surface area contributed by atoms with Gasteiger partial charge in [-0.25, -0.2) is 13.2 Å². The Bertz CT molecular complexity index is 932. The maximum atomic E-state index is 13.0. The zero-order valence-corrected chi connectivity index (χ0v) is 19.1. The first kappa shape index (κ1) is 24.0. The summed E-state index contributed by atoms with van der Waals surface area (Å²) in [5, 5.41) is 0. The molecule has 1 aliphatic carbocycles. The first-order valence-corrected chi connectivity index (χ1v) is 12.9. The van der Waals surface area contributed by atoms with Crippen LogP contribution in [0.15, 0.2) is 43.0 Å². The minimum atomic E-state index is -3.12. The molecule has 2 fully saturated rings. The maximum Gasteiger partial charge on any atom is 0.331 e. The average molecular weight is 462 g/mol. The van der Waals surface area contributed by atoms with Crippen molar-refractivity contribution in [1.82, 2.24) is 4.90 Å². The third kappa shape index (κ3) is 6.95. The van der Waals surface area contributed by atoms with Gasteiger partial charge in [-0.2, -0.15) is 0 Å². The predicted octanol–water partition coefficient (Wildman–Crippen LogP) is 3.16. The fourth-order valence-corrected chi connectivity index (χ4v) is 6.02. The molecule has 1 aliphatic heterocycles. The van der Waals surface area contributed by atoms with Gasteiger partial charge >= 0.3 is 5.97 Å². The number of esters is 1. The Labute approximate surface area is 190 Å². The molecule has 0 spiro atoms. The van der Waals surface area contributed by atoms with E-state index in [1.807, 2.05) is 0 Å². The summed E-state index contributed by atoms with van der Waals surface area (Å²) in [5.74, 6) is -0.131. The minimum absolute atomic E-state index is 0.00437. The van der Waals surface area contributed by atoms with Crippen LogP contribution in [0, 0.1) is 0 Å². The second-order valence-electron chi connectivity index (χ2n) is 8.26. The van der Waals surface area contributed by atoms with Crippen molar-refractivity contribution in [3.8, 4) is 5.75 Å². The standard InChI is InChI=1S/C24H31NO6S/c1-2-15-30-22-11-8-19(9-12-22)10-13-24(27)31-17-23(26)25(20-6-4-3-5-7-20)21-14-16-32(28,29)18-21/h2,8-13,20-21H,1,3-7,14-18H2/b13-10+. The highest BCUT2D eigenvalue weighted by Crippen LogP contribution is 2.28. The molecule has 0 bridgehead atoms. The van der Waals surface area contributed by atoms with E-state index in [0.29, 0.717) is 18.8 Å². The lowest BCUT2D eigenvalue weighted by atomic mass is 9.93. The van der Waals surface area contributed by atoms with Crippen LogP contribution in [0.3, 0.4) is 0 Å². The van der Waals surface area contributed by atoms with Gasteiger partial charge in [0.2, 0.25) is 0 Å². The number of ether oxygens (including phenoxy) is 2. The molecule has 0 aromatic heterocycles. The van der Waals surface area contributed by atoms with E-state index in [-0.39, 0.29) is 36.1 Å². The Morgan fingerprint density at radius 1 is 1.06 bits per heavy atom. The van der Waals surface area contributed by atoms with Crippen LogP contribution in [0.5, 0.6) is 5.75 Å². The van der Waals surface area contributed by atoms with Crippen molar-refractivity contribution in [2.24, 2.45) is 0 Å². The average Bonchev–Trinajstić information content (AvgIpc) is 3.15. The third-order valence-corrected chi connectivity index (χ3v) is 7.61. The van der Waals surface area contributed by atoms with Gasteiger partial charge in [0.05, 0.1) is 11.5 Å². The lowest BCUT2D eigenvalue weighted by Gasteiger charge is -2.38. The highest BCUT2D eigenvalue weighted by atomic mass is 32.2. The quantitative estimate of drug-likeness (QED) is 0.319. The van der Waals surface area contributed by atoms with Gasteiger partial charge in [0.15, 0.2) is 16.4 Å². The number of benzene rings is 1. The Kier molecular flexibility index (Phi) is 8.50. The molecule has 8 heteroatoms. The van der Waals surface area contributed by atoms with Gasteiger partial charge in [0, 0.05) is 18.2 Å². The number of rotatable bonds is 9. The SMILES string of the molecule is C=CCOc1ccc(/C=C/C(=O)OCC(=O)N(C2CCCCC2)C2CCS(=O)(=O)C2)cc1. The molecule has 1 amide bonds. The number of hydrogen-bond acceptors (Lipinski definition) is 6. The van der Waals surface area contributed by atoms with Gasteiger partial charge in [-0.15, -0.1) is 0 Å². The molecule has 0 N–H and O–H groups in total. The van der Waals surface area contributed by atoms with Gasteiger partial charge in [0.1, 0.15) is 12.4 Å². The van der Waals surface area contributed by atoms with Gasteiger partial charge in [-0.3, -0.25) is 4.79 Å². The Balaban J connectivity index is 1.55. The number of sulfone groups is 1. The molecule has 174 valence electrons. The molecule has 7 nitrogen and oxygen atoms in total. The molecule has 1 unspecified atom stereocenters. The molecule has 1 heterocycles. The summed E-state index contributed by atoms with van der Waals surface area (Å²) < 4.78 is 34.5. The molecule has 1 saturated carbocycles. The van der Waals surface area contributed by atoms with Crippen LogP contribution in [0.1, 0.15) is 44.1 Å². The number of carbonyl (C=O) groups excluding carboxylic acids is 2. The molecular formula is C24H31NO6S. The predicted molar refractivity (Wildman–Crippen MR) is 123 cm³/mol. The molecule has 1 saturated heterocycles. The second kappa shape index (κ2) is 11.3. The topological polar surface area (TPSA) is 90.0 Å². The third-order valence-electron chi connectivity index (χ3n) is 5.86. The van der Waals surface area contributed by atoms with Crippen molar-refractivity contribution in [2.45, 2.75) is 50.6 Å². The first-order valence-electron chi connectivity index (χ1n) is 11.1. The smallest absolute Gasteiger partial charge is 0.331 e. The van der Waals surface area contributed by atoms with Crippen LogP contribution in [-0.4, -0.2) is 62.0 Å². The monoisotopic (exact) mass is 461 g/mol. The molecule has 1 aromatic carbocycles. The van der Waals surface area contributed by atoms with E-state index < -0.39 is 15.8 Å². The zero-order chi connectivity index (χ0) is 23.0. The van der Waals surface area contributed by atoms with Crippen molar-refractivity contribution >= 4 is 27.8 Å². The molecule has 3 rings (SSSR count). The maximum absolute atomic E-state index is 13.0. The molecule has 32 heavy (non-hydrogen) atoms. The summed E-state index contributed by atoms with van der Waals surface area (Å²) in [6.07, 6.45) is 9.89. The van der Waals surface area contributed by atoms with Crippen molar-refractivity contribution in [2.75, 3.05) is 24.7 Å². The Hall–Kier alpha value is -2.61. The van der Waals surface area contributed by atoms with Crippen LogP contribution in [0.4, 0.5) is 0 Å². The summed E-state index contributed by atoms with van der Waals surface area (Å²) in [5.41, 5.74) is 0.791. The van der Waals surface area contributed by atoms with E-state index in [1.54, 1.807) is 41.3 Å². The largest absolute Gasteiger partial charge is 0.490 e. The van der Waals surface area contributed by atoms with Crippen LogP contribution in [0.2, 0.25) is 0 Å². The van der Waals surface area contributed by atoms with Crippen LogP contribution in [-0.2, 0) is 24.2 Å². The van der Waals surface area contributed by atoms with Crippen molar-refractivity contribution in [3.63, 3.8) is 0 Å². The number of hydrogen-bond donors (Lipinski definition) is 0. The summed E-state index contributed by atoms with van der Waals surface area (Å²) in [4.78, 5) is 26.8. The summed E-state index contributed by atoms with van der Waals surface area (Å²) in [6, 6.07) is 6.88. The van der Waals surface area contributed by atoms with E-state index in [4.69, 9.17) is 9.47 Å². The summed E-state index contributed by atoms with van der Waals surface area (Å²) >= 11 is 0. The van der Waals surface area contributed by atoms with Crippen molar-refractivity contribution < 1.29 is 27.5 Å². The number of carbonyl (C=O) groups is 2. The second-order valence-corrected chi connectivity index (χ2v) is 10.5. The minimum Gasteiger partial charge on any atom is -0.490 e. The Morgan fingerprint density at radius 2 is 1.78 bits per heavy atom. The highest BCUT2D eigenvalue weighted by molar-refractivity contribution is 7.91. The van der Waals surface area contributed by atoms with Crippen molar-refractivity contribution in [1.29, 1.82) is 0 Å². The van der Waals surface area contributed by atoms with Gasteiger partial charge in [-0.1, -0.05) is 44.1 Å². The summed E-state index contributed by atoms with van der Waals surface area (Å²) in [6.45, 7) is 3.63. The lowest BCUT2D eigenvalue weighted by Crippen LogP contribution is -2.50. The molecule has 2 aliphatic rings. The van der Waals surface area contributed by atoms with Gasteiger partial charge in [-0.05, 0) is 43.0 Å². The zero-order valence-electron chi connectivity index (χ0n) is 18.3. The van der Waals surface area contributed by atoms with Crippen LogP contribution in [0.25, 0.3) is 6.08 Å². The van der Waals surface area contributed by atoms with E-state index in [9.17, 15) is 18.0 Å². The Morgan fingerprint density at radius 3 is 2.41 bits per heavy atom. The molecule has 0 radical (unpaired) electrons. The van der Waals surface area contributed by atoms with E-state index in [1.165, 1.54) is 6.08 Å². The van der Waals surface area contributed by atoms with Gasteiger partial charge < -0.3 is 14.4 Å². The molecular weight excluding hydrogens is 430 g/mol. The normalized spacial score (nSPS) is 20.7. The number of nitrogens with zero attached hydrogens (tertiary/aromatic N) is 1. The first-order chi connectivity index (χ1) is 15.4. The van der Waals surface area contributed by atoms with Crippen molar-refractivity contribution in [3.05, 3.63) is 48.6 Å². The fraction of sp³-hybridized carbons (Fsp3) is 0.500. The number of amides is 1. The lowest BCUT2D eigenvalue weighted by molar-refractivity contribution is -0.151.